The zero-order chi connectivity index (χ0) is 16.2. The van der Waals surface area contributed by atoms with Gasteiger partial charge in [0, 0.05) is 3.42 Å². The first-order valence-corrected chi connectivity index (χ1v) is 9.02. The average molecular weight is 388 g/mol. The molecule has 0 N–H and O–H groups in total. The fraction of sp³-hybridized carbons (Fsp3) is 0.895. The molecule has 0 heterocycles. The molecule has 116 valence electrons. The van der Waals surface area contributed by atoms with Crippen LogP contribution in [0.3, 0.4) is 0 Å². The van der Waals surface area contributed by atoms with Crippen LogP contribution in [0.2, 0.25) is 0 Å². The van der Waals surface area contributed by atoms with Gasteiger partial charge in [-0.15, -0.1) is 0 Å². The fourth-order valence-electron chi connectivity index (χ4n) is 6.81. The summed E-state index contributed by atoms with van der Waals surface area (Å²) < 4.78 is 0.203. The molecule has 1 heteroatoms. The van der Waals surface area contributed by atoms with Crippen molar-refractivity contribution >= 4 is 22.6 Å². The summed E-state index contributed by atoms with van der Waals surface area (Å²) in [5, 5.41) is 0. The normalized spacial score (nSPS) is 48.6. The van der Waals surface area contributed by atoms with Gasteiger partial charge in [0.2, 0.25) is 0 Å². The third kappa shape index (κ3) is 1.14. The van der Waals surface area contributed by atoms with E-state index in [2.05, 4.69) is 98.8 Å². The van der Waals surface area contributed by atoms with Crippen molar-refractivity contribution in [2.24, 2.45) is 27.1 Å². The van der Waals surface area contributed by atoms with E-state index in [0.29, 0.717) is 21.7 Å². The van der Waals surface area contributed by atoms with Gasteiger partial charge in [-0.2, -0.15) is 0 Å². The molecule has 0 aliphatic heterocycles. The van der Waals surface area contributed by atoms with E-state index in [1.807, 2.05) is 0 Å². The lowest BCUT2D eigenvalue weighted by atomic mass is 9.21. The first-order valence-electron chi connectivity index (χ1n) is 7.94. The molecule has 0 amide bonds. The second-order valence-electron chi connectivity index (χ2n) is 9.38. The van der Waals surface area contributed by atoms with Crippen molar-refractivity contribution < 1.29 is 0 Å². The third-order valence-electron chi connectivity index (χ3n) is 9.39. The summed E-state index contributed by atoms with van der Waals surface area (Å²) in [5.41, 5.74) is 4.65. The predicted octanol–water partition coefficient (Wildman–Crippen LogP) is 6.63. The van der Waals surface area contributed by atoms with Crippen LogP contribution in [0.1, 0.15) is 76.2 Å². The largest absolute Gasteiger partial charge is 0.0737 e. The monoisotopic (exact) mass is 388 g/mol. The first kappa shape index (κ1) is 16.8. The number of alkyl halides is 1. The minimum Gasteiger partial charge on any atom is -0.0737 e. The molecule has 0 aromatic carbocycles. The smallest absolute Gasteiger partial charge is 0.0466 e. The fourth-order valence-corrected chi connectivity index (χ4v) is 8.56. The van der Waals surface area contributed by atoms with Crippen molar-refractivity contribution in [1.29, 1.82) is 0 Å². The summed E-state index contributed by atoms with van der Waals surface area (Å²) in [6.45, 7) is 27.3. The Bertz CT molecular complexity index is 442. The topological polar surface area (TPSA) is 0 Å². The van der Waals surface area contributed by atoms with Crippen LogP contribution in [0.4, 0.5) is 0 Å². The Balaban J connectivity index is 2.97. The molecular weight excluding hydrogens is 355 g/mol. The minimum absolute atomic E-state index is 0.203. The number of fused-ring (bicyclic) bond motifs is 2. The van der Waals surface area contributed by atoms with E-state index < -0.39 is 0 Å². The Morgan fingerprint density at radius 1 is 0.600 bits per heavy atom. The van der Waals surface area contributed by atoms with Crippen molar-refractivity contribution in [1.82, 2.24) is 0 Å². The summed E-state index contributed by atoms with van der Waals surface area (Å²) in [6, 6.07) is 0. The van der Waals surface area contributed by atoms with E-state index in [1.54, 1.807) is 11.1 Å². The molecule has 0 aromatic heterocycles. The number of rotatable bonds is 0. The van der Waals surface area contributed by atoms with Crippen LogP contribution < -0.4 is 0 Å². The highest BCUT2D eigenvalue weighted by molar-refractivity contribution is 14.1. The molecule has 2 bridgehead atoms. The zero-order valence-corrected chi connectivity index (χ0v) is 17.5. The van der Waals surface area contributed by atoms with E-state index in [4.69, 9.17) is 0 Å². The van der Waals surface area contributed by atoms with E-state index in [1.165, 1.54) is 0 Å². The molecule has 0 radical (unpaired) electrons. The maximum Gasteiger partial charge on any atom is 0.0466 e. The van der Waals surface area contributed by atoms with Crippen LogP contribution in [-0.4, -0.2) is 3.42 Å². The van der Waals surface area contributed by atoms with Crippen molar-refractivity contribution in [2.75, 3.05) is 0 Å². The van der Waals surface area contributed by atoms with Gasteiger partial charge < -0.3 is 0 Å². The summed E-state index contributed by atoms with van der Waals surface area (Å²) in [5.74, 6) is 0. The maximum absolute atomic E-state index is 2.75. The molecule has 1 saturated carbocycles. The highest BCUT2D eigenvalue weighted by Gasteiger charge is 2.84. The Morgan fingerprint density at radius 3 is 1.30 bits per heavy atom. The third-order valence-corrected chi connectivity index (χ3v) is 11.3. The Labute approximate surface area is 140 Å². The molecule has 3 aliphatic rings. The Kier molecular flexibility index (Phi) is 3.10. The summed E-state index contributed by atoms with van der Waals surface area (Å²) in [4.78, 5) is 0. The Morgan fingerprint density at radius 2 is 0.950 bits per heavy atom. The van der Waals surface area contributed by atoms with Crippen LogP contribution in [0, 0.1) is 27.1 Å². The molecule has 1 fully saturated rings. The van der Waals surface area contributed by atoms with Crippen molar-refractivity contribution in [2.45, 2.75) is 79.6 Å². The molecular formula is C19H33I. The van der Waals surface area contributed by atoms with Crippen molar-refractivity contribution in [3.05, 3.63) is 11.1 Å². The first-order chi connectivity index (χ1) is 8.57. The van der Waals surface area contributed by atoms with Gasteiger partial charge in [0.25, 0.3) is 0 Å². The van der Waals surface area contributed by atoms with E-state index in [9.17, 15) is 0 Å². The molecule has 0 spiro atoms. The lowest BCUT2D eigenvalue weighted by molar-refractivity contribution is -0.336. The minimum atomic E-state index is 0.203. The van der Waals surface area contributed by atoms with Crippen molar-refractivity contribution in [3.8, 4) is 0 Å². The van der Waals surface area contributed by atoms with E-state index in [-0.39, 0.29) is 8.84 Å². The molecule has 0 saturated heterocycles. The van der Waals surface area contributed by atoms with Crippen LogP contribution in [0.15, 0.2) is 11.1 Å². The van der Waals surface area contributed by atoms with E-state index >= 15 is 0 Å². The van der Waals surface area contributed by atoms with Gasteiger partial charge in [0.1, 0.15) is 0 Å². The standard InChI is InChI=1S/C19H33I/c1-12-13(2)17(9,20)19(11)15(5,6)18(10,14(12,3)4)16(19,7)8/h1-11H3. The van der Waals surface area contributed by atoms with Gasteiger partial charge >= 0.3 is 0 Å². The van der Waals surface area contributed by atoms with Gasteiger partial charge in [-0.3, -0.25) is 0 Å². The SMILES string of the molecule is CC1=C(C)C(C)(I)C2(C)C(C)(C)C(C)(C1(C)C)C2(C)C. The summed E-state index contributed by atoms with van der Waals surface area (Å²) >= 11 is 2.75. The second-order valence-corrected chi connectivity index (χ2v) is 11.5. The van der Waals surface area contributed by atoms with Gasteiger partial charge in [-0.25, -0.2) is 0 Å². The van der Waals surface area contributed by atoms with E-state index in [0.717, 1.165) is 0 Å². The number of halogens is 1. The molecule has 1 atom stereocenters. The quantitative estimate of drug-likeness (QED) is 0.248. The molecule has 3 rings (SSSR count). The lowest BCUT2D eigenvalue weighted by Gasteiger charge is -2.83. The molecule has 20 heavy (non-hydrogen) atoms. The zero-order valence-electron chi connectivity index (χ0n) is 15.4. The van der Waals surface area contributed by atoms with Crippen LogP contribution >= 0.6 is 22.6 Å². The lowest BCUT2D eigenvalue weighted by Crippen LogP contribution is -2.80. The Hall–Kier alpha value is 0.470. The summed E-state index contributed by atoms with van der Waals surface area (Å²) in [6.07, 6.45) is 0. The number of hydrogen-bond donors (Lipinski definition) is 0. The number of hydrogen-bond acceptors (Lipinski definition) is 0. The highest BCUT2D eigenvalue weighted by Crippen LogP contribution is 2.88. The highest BCUT2D eigenvalue weighted by atomic mass is 127. The second kappa shape index (κ2) is 3.68. The predicted molar refractivity (Wildman–Crippen MR) is 98.4 cm³/mol. The van der Waals surface area contributed by atoms with Crippen LogP contribution in [0.5, 0.6) is 0 Å². The molecule has 0 aromatic rings. The summed E-state index contributed by atoms with van der Waals surface area (Å²) in [7, 11) is 0. The van der Waals surface area contributed by atoms with Gasteiger partial charge in [0.15, 0.2) is 0 Å². The van der Waals surface area contributed by atoms with Crippen LogP contribution in [0.25, 0.3) is 0 Å². The van der Waals surface area contributed by atoms with Gasteiger partial charge in [-0.05, 0) is 47.8 Å². The van der Waals surface area contributed by atoms with Gasteiger partial charge in [-0.1, -0.05) is 89.1 Å². The molecule has 3 aliphatic carbocycles. The van der Waals surface area contributed by atoms with Crippen LogP contribution in [-0.2, 0) is 0 Å². The maximum atomic E-state index is 2.75. The molecule has 0 nitrogen and oxygen atoms in total. The average Bonchev–Trinajstić information content (AvgIpc) is 2.34. The number of allylic oxidation sites excluding steroid dienone is 2. The molecule has 1 unspecified atom stereocenters. The van der Waals surface area contributed by atoms with Gasteiger partial charge in [0.05, 0.1) is 0 Å². The van der Waals surface area contributed by atoms with Crippen molar-refractivity contribution in [3.63, 3.8) is 0 Å².